The lowest BCUT2D eigenvalue weighted by Crippen LogP contribution is -2.19. The fourth-order valence-electron chi connectivity index (χ4n) is 1.55. The number of anilines is 2. The molecule has 0 radical (unpaired) electrons. The van der Waals surface area contributed by atoms with Crippen molar-refractivity contribution in [3.8, 4) is 0 Å². The molecule has 19 heavy (non-hydrogen) atoms. The molecule has 0 saturated carbocycles. The number of hydrogen-bond donors (Lipinski definition) is 2. The van der Waals surface area contributed by atoms with E-state index in [9.17, 15) is 4.79 Å². The molecule has 2 aromatic rings. The van der Waals surface area contributed by atoms with Crippen LogP contribution in [0.15, 0.2) is 46.9 Å². The number of carbonyl (C=O) groups is 1. The van der Waals surface area contributed by atoms with Gasteiger partial charge in [-0.2, -0.15) is 0 Å². The maximum atomic E-state index is 11.9. The zero-order chi connectivity index (χ0) is 13.8. The predicted octanol–water partition coefficient (Wildman–Crippen LogP) is 5.05. The Labute approximate surface area is 125 Å². The minimum atomic E-state index is -0.288. The van der Waals surface area contributed by atoms with Gasteiger partial charge in [0.05, 0.1) is 0 Å². The van der Waals surface area contributed by atoms with Crippen LogP contribution in [-0.2, 0) is 0 Å². The zero-order valence-corrected chi connectivity index (χ0v) is 12.5. The molecular formula is C14H12BrClN2O. The monoisotopic (exact) mass is 338 g/mol. The summed E-state index contributed by atoms with van der Waals surface area (Å²) >= 11 is 9.16. The van der Waals surface area contributed by atoms with Crippen LogP contribution in [0.25, 0.3) is 0 Å². The molecule has 0 aliphatic heterocycles. The number of urea groups is 1. The van der Waals surface area contributed by atoms with Crippen molar-refractivity contribution in [1.29, 1.82) is 0 Å². The highest BCUT2D eigenvalue weighted by Gasteiger charge is 2.05. The fourth-order valence-corrected chi connectivity index (χ4v) is 2.03. The van der Waals surface area contributed by atoms with Crippen molar-refractivity contribution in [3.05, 3.63) is 57.5 Å². The second-order valence-electron chi connectivity index (χ2n) is 4.05. The van der Waals surface area contributed by atoms with E-state index in [1.165, 1.54) is 0 Å². The van der Waals surface area contributed by atoms with Crippen molar-refractivity contribution in [2.45, 2.75) is 6.92 Å². The Balaban J connectivity index is 2.05. The van der Waals surface area contributed by atoms with Crippen molar-refractivity contribution in [2.24, 2.45) is 0 Å². The van der Waals surface area contributed by atoms with E-state index in [2.05, 4.69) is 26.6 Å². The van der Waals surface area contributed by atoms with E-state index in [-0.39, 0.29) is 6.03 Å². The number of nitrogens with one attached hydrogen (secondary N) is 2. The standard InChI is InChI=1S/C14H12BrClN2O/c1-9-2-3-10(15)8-13(9)18-14(19)17-12-6-4-11(16)5-7-12/h2-8H,1H3,(H2,17,18,19). The van der Waals surface area contributed by atoms with Gasteiger partial charge in [-0.1, -0.05) is 33.6 Å². The molecule has 0 saturated heterocycles. The second-order valence-corrected chi connectivity index (χ2v) is 5.40. The highest BCUT2D eigenvalue weighted by atomic mass is 79.9. The third kappa shape index (κ3) is 3.98. The minimum absolute atomic E-state index is 0.288. The first-order chi connectivity index (χ1) is 9.04. The molecule has 0 aromatic heterocycles. The molecule has 0 bridgehead atoms. The number of benzene rings is 2. The summed E-state index contributed by atoms with van der Waals surface area (Å²) in [5.41, 5.74) is 2.45. The van der Waals surface area contributed by atoms with Crippen LogP contribution in [0.5, 0.6) is 0 Å². The first kappa shape index (κ1) is 13.9. The molecule has 3 nitrogen and oxygen atoms in total. The van der Waals surface area contributed by atoms with Gasteiger partial charge in [-0.15, -0.1) is 0 Å². The van der Waals surface area contributed by atoms with Gasteiger partial charge in [0.2, 0.25) is 0 Å². The van der Waals surface area contributed by atoms with Crippen molar-refractivity contribution in [1.82, 2.24) is 0 Å². The molecule has 2 amide bonds. The topological polar surface area (TPSA) is 41.1 Å². The molecule has 0 atom stereocenters. The molecule has 2 aromatic carbocycles. The van der Waals surface area contributed by atoms with Gasteiger partial charge in [0.1, 0.15) is 0 Å². The average Bonchev–Trinajstić information content (AvgIpc) is 2.37. The molecule has 2 rings (SSSR count). The Kier molecular flexibility index (Phi) is 4.45. The summed E-state index contributed by atoms with van der Waals surface area (Å²) in [6.07, 6.45) is 0. The van der Waals surface area contributed by atoms with Crippen LogP contribution in [0.1, 0.15) is 5.56 Å². The lowest BCUT2D eigenvalue weighted by atomic mass is 10.2. The summed E-state index contributed by atoms with van der Waals surface area (Å²) in [6.45, 7) is 1.93. The minimum Gasteiger partial charge on any atom is -0.308 e. The number of hydrogen-bond acceptors (Lipinski definition) is 1. The predicted molar refractivity (Wildman–Crippen MR) is 83.0 cm³/mol. The van der Waals surface area contributed by atoms with Crippen LogP contribution in [0, 0.1) is 6.92 Å². The molecule has 0 spiro atoms. The van der Waals surface area contributed by atoms with Gasteiger partial charge in [0, 0.05) is 20.9 Å². The summed E-state index contributed by atoms with van der Waals surface area (Å²) in [4.78, 5) is 11.9. The molecule has 0 fully saturated rings. The van der Waals surface area contributed by atoms with Crippen LogP contribution < -0.4 is 10.6 Å². The van der Waals surface area contributed by atoms with Crippen LogP contribution >= 0.6 is 27.5 Å². The number of carbonyl (C=O) groups excluding carboxylic acids is 1. The number of aryl methyl sites for hydroxylation is 1. The fraction of sp³-hybridized carbons (Fsp3) is 0.0714. The number of rotatable bonds is 2. The van der Waals surface area contributed by atoms with Gasteiger partial charge in [0.15, 0.2) is 0 Å². The molecule has 5 heteroatoms. The maximum Gasteiger partial charge on any atom is 0.323 e. The Bertz CT molecular complexity index is 599. The Hall–Kier alpha value is -1.52. The molecule has 0 heterocycles. The first-order valence-electron chi connectivity index (χ1n) is 5.64. The number of halogens is 2. The van der Waals surface area contributed by atoms with E-state index >= 15 is 0 Å². The smallest absolute Gasteiger partial charge is 0.308 e. The van der Waals surface area contributed by atoms with Gasteiger partial charge in [-0.25, -0.2) is 4.79 Å². The third-order valence-corrected chi connectivity index (χ3v) is 3.30. The van der Waals surface area contributed by atoms with Crippen LogP contribution in [-0.4, -0.2) is 6.03 Å². The van der Waals surface area contributed by atoms with Crippen LogP contribution in [0.2, 0.25) is 5.02 Å². The lowest BCUT2D eigenvalue weighted by Gasteiger charge is -2.10. The Morgan fingerprint density at radius 2 is 1.79 bits per heavy atom. The maximum absolute atomic E-state index is 11.9. The van der Waals surface area contributed by atoms with Gasteiger partial charge >= 0.3 is 6.03 Å². The molecule has 0 unspecified atom stereocenters. The summed E-state index contributed by atoms with van der Waals surface area (Å²) in [5, 5.41) is 6.17. The summed E-state index contributed by atoms with van der Waals surface area (Å²) in [5.74, 6) is 0. The number of amides is 2. The van der Waals surface area contributed by atoms with Crippen molar-refractivity contribution >= 4 is 44.9 Å². The molecule has 0 aliphatic rings. The normalized spacial score (nSPS) is 10.1. The highest BCUT2D eigenvalue weighted by molar-refractivity contribution is 9.10. The van der Waals surface area contributed by atoms with E-state index in [0.29, 0.717) is 10.7 Å². The van der Waals surface area contributed by atoms with E-state index in [0.717, 1.165) is 15.7 Å². The Morgan fingerprint density at radius 3 is 2.47 bits per heavy atom. The molecule has 0 aliphatic carbocycles. The summed E-state index contributed by atoms with van der Waals surface area (Å²) in [6, 6.07) is 12.4. The second kappa shape index (κ2) is 6.08. The van der Waals surface area contributed by atoms with Crippen molar-refractivity contribution < 1.29 is 4.79 Å². The van der Waals surface area contributed by atoms with Gasteiger partial charge in [-0.3, -0.25) is 0 Å². The lowest BCUT2D eigenvalue weighted by molar-refractivity contribution is 0.262. The highest BCUT2D eigenvalue weighted by Crippen LogP contribution is 2.21. The zero-order valence-electron chi connectivity index (χ0n) is 10.2. The van der Waals surface area contributed by atoms with E-state index < -0.39 is 0 Å². The van der Waals surface area contributed by atoms with E-state index in [1.807, 2.05) is 25.1 Å². The summed E-state index contributed by atoms with van der Waals surface area (Å²) < 4.78 is 0.917. The van der Waals surface area contributed by atoms with Gasteiger partial charge < -0.3 is 10.6 Å². The van der Waals surface area contributed by atoms with E-state index in [1.54, 1.807) is 24.3 Å². The quantitative estimate of drug-likeness (QED) is 0.789. The molecule has 98 valence electrons. The van der Waals surface area contributed by atoms with Crippen LogP contribution in [0.3, 0.4) is 0 Å². The third-order valence-electron chi connectivity index (χ3n) is 2.55. The van der Waals surface area contributed by atoms with Gasteiger partial charge in [0.25, 0.3) is 0 Å². The van der Waals surface area contributed by atoms with Crippen molar-refractivity contribution in [3.63, 3.8) is 0 Å². The first-order valence-corrected chi connectivity index (χ1v) is 6.81. The van der Waals surface area contributed by atoms with Crippen molar-refractivity contribution in [2.75, 3.05) is 10.6 Å². The molecular weight excluding hydrogens is 328 g/mol. The Morgan fingerprint density at radius 1 is 1.11 bits per heavy atom. The van der Waals surface area contributed by atoms with E-state index in [4.69, 9.17) is 11.6 Å². The van der Waals surface area contributed by atoms with Crippen LogP contribution in [0.4, 0.5) is 16.2 Å². The largest absolute Gasteiger partial charge is 0.323 e. The molecule has 2 N–H and O–H groups in total. The van der Waals surface area contributed by atoms with Gasteiger partial charge in [-0.05, 0) is 48.9 Å². The average molecular weight is 340 g/mol. The summed E-state index contributed by atoms with van der Waals surface area (Å²) in [7, 11) is 0. The SMILES string of the molecule is Cc1ccc(Br)cc1NC(=O)Nc1ccc(Cl)cc1.